The highest BCUT2D eigenvalue weighted by Crippen LogP contribution is 2.05. The minimum atomic E-state index is -0.659. The van der Waals surface area contributed by atoms with Gasteiger partial charge in [-0.05, 0) is 30.5 Å². The number of hydrogen-bond donors (Lipinski definition) is 2. The summed E-state index contributed by atoms with van der Waals surface area (Å²) in [5.41, 5.74) is 1.50. The van der Waals surface area contributed by atoms with Gasteiger partial charge in [0.05, 0.1) is 0 Å². The zero-order valence-electron chi connectivity index (χ0n) is 12.2. The third-order valence-corrected chi connectivity index (χ3v) is 3.04. The number of carbonyl (C=O) groups is 1. The highest BCUT2D eigenvalue weighted by Gasteiger charge is 2.07. The molecule has 0 spiro atoms. The number of aromatic nitrogens is 1. The molecule has 0 radical (unpaired) electrons. The molecule has 0 atom stereocenters. The summed E-state index contributed by atoms with van der Waals surface area (Å²) < 4.78 is 5.07. The molecule has 2 aromatic rings. The summed E-state index contributed by atoms with van der Waals surface area (Å²) >= 11 is 0. The number of H-pyrrole nitrogens is 1. The molecule has 0 aliphatic rings. The Hall–Kier alpha value is -2.82. The molecule has 0 saturated heterocycles. The molecule has 5 nitrogen and oxygen atoms in total. The number of aryl methyl sites for hydroxylation is 1. The van der Waals surface area contributed by atoms with Crippen molar-refractivity contribution in [3.05, 3.63) is 76.7 Å². The molecule has 1 heterocycles. The van der Waals surface area contributed by atoms with Crippen LogP contribution >= 0.6 is 0 Å². The van der Waals surface area contributed by atoms with Gasteiger partial charge in [0.2, 0.25) is 0 Å². The number of amides is 1. The zero-order valence-corrected chi connectivity index (χ0v) is 12.2. The van der Waals surface area contributed by atoms with Crippen molar-refractivity contribution in [3.8, 4) is 0 Å². The van der Waals surface area contributed by atoms with E-state index in [0.29, 0.717) is 6.42 Å². The van der Waals surface area contributed by atoms with Gasteiger partial charge in [0, 0.05) is 5.69 Å². The first-order valence-corrected chi connectivity index (χ1v) is 7.00. The van der Waals surface area contributed by atoms with Gasteiger partial charge in [0.25, 0.3) is 5.56 Å². The number of allylic oxidation sites excluding steroid dienone is 1. The van der Waals surface area contributed by atoms with Crippen LogP contribution in [0, 0.1) is 0 Å². The van der Waals surface area contributed by atoms with Crippen molar-refractivity contribution < 1.29 is 9.53 Å². The van der Waals surface area contributed by atoms with Gasteiger partial charge in [-0.25, -0.2) is 4.79 Å². The molecule has 1 aromatic heterocycles. The quantitative estimate of drug-likeness (QED) is 0.804. The second-order valence-corrected chi connectivity index (χ2v) is 4.74. The van der Waals surface area contributed by atoms with Crippen molar-refractivity contribution in [1.29, 1.82) is 0 Å². The van der Waals surface area contributed by atoms with Crippen LogP contribution < -0.4 is 10.9 Å². The molecule has 0 aliphatic heterocycles. The van der Waals surface area contributed by atoms with Gasteiger partial charge in [0.1, 0.15) is 12.3 Å². The van der Waals surface area contributed by atoms with Gasteiger partial charge < -0.3 is 9.72 Å². The van der Waals surface area contributed by atoms with E-state index in [2.05, 4.69) is 16.9 Å². The zero-order chi connectivity index (χ0) is 15.8. The molecule has 1 amide bonds. The van der Waals surface area contributed by atoms with E-state index in [4.69, 9.17) is 4.74 Å². The highest BCUT2D eigenvalue weighted by atomic mass is 16.5. The summed E-state index contributed by atoms with van der Waals surface area (Å²) in [5, 5.41) is 2.44. The van der Waals surface area contributed by atoms with Crippen molar-refractivity contribution in [3.63, 3.8) is 0 Å². The van der Waals surface area contributed by atoms with Crippen LogP contribution in [0.3, 0.4) is 0 Å². The molecular weight excluding hydrogens is 280 g/mol. The number of benzene rings is 1. The number of rotatable bonds is 6. The largest absolute Gasteiger partial charge is 0.444 e. The van der Waals surface area contributed by atoms with E-state index in [9.17, 15) is 9.59 Å². The molecule has 22 heavy (non-hydrogen) atoms. The molecule has 2 N–H and O–H groups in total. The van der Waals surface area contributed by atoms with Gasteiger partial charge in [-0.3, -0.25) is 10.1 Å². The number of pyridine rings is 1. The van der Waals surface area contributed by atoms with Crippen molar-refractivity contribution in [2.45, 2.75) is 19.4 Å². The topological polar surface area (TPSA) is 71.2 Å². The summed E-state index contributed by atoms with van der Waals surface area (Å²) in [6.07, 6.45) is 2.61. The number of nitrogens with one attached hydrogen (secondary N) is 2. The summed E-state index contributed by atoms with van der Waals surface area (Å²) in [5.74, 6) is 0. The van der Waals surface area contributed by atoms with Gasteiger partial charge >= 0.3 is 6.09 Å². The van der Waals surface area contributed by atoms with Crippen LogP contribution in [0.1, 0.15) is 17.7 Å². The average molecular weight is 298 g/mol. The van der Waals surface area contributed by atoms with Crippen molar-refractivity contribution in [1.82, 2.24) is 4.98 Å². The average Bonchev–Trinajstić information content (AvgIpc) is 2.54. The van der Waals surface area contributed by atoms with Crippen LogP contribution in [0.5, 0.6) is 0 Å². The Morgan fingerprint density at radius 3 is 2.68 bits per heavy atom. The lowest BCUT2D eigenvalue weighted by Crippen LogP contribution is -2.21. The fraction of sp³-hybridized carbons (Fsp3) is 0.176. The van der Waals surface area contributed by atoms with E-state index in [-0.39, 0.29) is 17.9 Å². The Balaban J connectivity index is 1.91. The van der Waals surface area contributed by atoms with Crippen molar-refractivity contribution >= 4 is 11.8 Å². The molecule has 0 bridgehead atoms. The molecule has 114 valence electrons. The molecule has 0 aliphatic carbocycles. The van der Waals surface area contributed by atoms with Crippen LogP contribution in [-0.2, 0) is 17.8 Å². The lowest BCUT2D eigenvalue weighted by Gasteiger charge is -2.07. The van der Waals surface area contributed by atoms with E-state index < -0.39 is 6.09 Å². The maximum atomic E-state index is 11.9. The van der Waals surface area contributed by atoms with Gasteiger partial charge in [-0.2, -0.15) is 0 Å². The summed E-state index contributed by atoms with van der Waals surface area (Å²) in [6.45, 7) is 3.79. The molecule has 0 unspecified atom stereocenters. The first-order chi connectivity index (χ1) is 10.7. The Labute approximate surface area is 128 Å². The molecule has 0 fully saturated rings. The maximum Gasteiger partial charge on any atom is 0.412 e. The maximum absolute atomic E-state index is 11.9. The van der Waals surface area contributed by atoms with Crippen molar-refractivity contribution in [2.24, 2.45) is 0 Å². The SMILES string of the molecule is C=CCCc1ccc(NC(=O)OCc2ccccc2)c(=O)[nH]1. The first kappa shape index (κ1) is 15.6. The van der Waals surface area contributed by atoms with E-state index in [1.54, 1.807) is 18.2 Å². The molecule has 1 aromatic carbocycles. The van der Waals surface area contributed by atoms with Gasteiger partial charge in [0.15, 0.2) is 0 Å². The second kappa shape index (κ2) is 7.83. The molecule has 0 saturated carbocycles. The Bertz CT molecular complexity index is 693. The van der Waals surface area contributed by atoms with Crippen LogP contribution in [0.15, 0.2) is 59.9 Å². The van der Waals surface area contributed by atoms with Crippen molar-refractivity contribution in [2.75, 3.05) is 5.32 Å². The number of anilines is 1. The van der Waals surface area contributed by atoms with E-state index >= 15 is 0 Å². The van der Waals surface area contributed by atoms with Crippen LogP contribution in [0.2, 0.25) is 0 Å². The number of hydrogen-bond acceptors (Lipinski definition) is 3. The second-order valence-electron chi connectivity index (χ2n) is 4.74. The minimum Gasteiger partial charge on any atom is -0.444 e. The normalized spacial score (nSPS) is 10.0. The van der Waals surface area contributed by atoms with Crippen LogP contribution in [-0.4, -0.2) is 11.1 Å². The van der Waals surface area contributed by atoms with E-state index in [1.165, 1.54) is 0 Å². The van der Waals surface area contributed by atoms with E-state index in [0.717, 1.165) is 17.7 Å². The lowest BCUT2D eigenvalue weighted by atomic mass is 10.2. The monoisotopic (exact) mass is 298 g/mol. The van der Waals surface area contributed by atoms with Crippen LogP contribution in [0.4, 0.5) is 10.5 Å². The predicted octanol–water partition coefficient (Wildman–Crippen LogP) is 3.24. The highest BCUT2D eigenvalue weighted by molar-refractivity contribution is 5.84. The molecule has 2 rings (SSSR count). The number of carbonyl (C=O) groups excluding carboxylic acids is 1. The Morgan fingerprint density at radius 2 is 2.00 bits per heavy atom. The summed E-state index contributed by atoms with van der Waals surface area (Å²) in [6, 6.07) is 12.7. The summed E-state index contributed by atoms with van der Waals surface area (Å²) in [7, 11) is 0. The number of ether oxygens (including phenoxy) is 1. The van der Waals surface area contributed by atoms with Gasteiger partial charge in [-0.15, -0.1) is 6.58 Å². The smallest absolute Gasteiger partial charge is 0.412 e. The Morgan fingerprint density at radius 1 is 1.23 bits per heavy atom. The third kappa shape index (κ3) is 4.63. The molecular formula is C17H18N2O3. The van der Waals surface area contributed by atoms with E-state index in [1.807, 2.05) is 30.3 Å². The Kier molecular flexibility index (Phi) is 5.54. The first-order valence-electron chi connectivity index (χ1n) is 7.00. The van der Waals surface area contributed by atoms with Crippen LogP contribution in [0.25, 0.3) is 0 Å². The van der Waals surface area contributed by atoms with Gasteiger partial charge in [-0.1, -0.05) is 36.4 Å². The fourth-order valence-electron chi connectivity index (χ4n) is 1.89. The number of aromatic amines is 1. The lowest BCUT2D eigenvalue weighted by molar-refractivity contribution is 0.155. The minimum absolute atomic E-state index is 0.155. The third-order valence-electron chi connectivity index (χ3n) is 3.04. The molecule has 5 heteroatoms. The standard InChI is InChI=1S/C17H18N2O3/c1-2-3-9-14-10-11-15(16(20)18-14)19-17(21)22-12-13-7-5-4-6-8-13/h2,4-8,10-11H,1,3,9,12H2,(H,18,20)(H,19,21). The summed E-state index contributed by atoms with van der Waals surface area (Å²) in [4.78, 5) is 26.3. The predicted molar refractivity (Wildman–Crippen MR) is 85.8 cm³/mol. The fourth-order valence-corrected chi connectivity index (χ4v) is 1.89.